The fourth-order valence-corrected chi connectivity index (χ4v) is 2.86. The lowest BCUT2D eigenvalue weighted by molar-refractivity contribution is -0.128. The van der Waals surface area contributed by atoms with Crippen molar-refractivity contribution in [3.8, 4) is 0 Å². The molecule has 0 bridgehead atoms. The third kappa shape index (κ3) is 3.03. The van der Waals surface area contributed by atoms with Gasteiger partial charge < -0.3 is 15.2 Å². The molecule has 0 aromatic heterocycles. The second kappa shape index (κ2) is 5.67. The molecule has 1 saturated heterocycles. The molecular weight excluding hydrogens is 330 g/mol. The standard InChI is InChI=1S/C12H13F4NO4S/c13-8-1-2-9(17-4-11(5-18)6-21-7-11)10(3-8)22(19,20)12(14,15)16/h1-3,17-18H,4-7H2. The quantitative estimate of drug-likeness (QED) is 0.794. The first-order chi connectivity index (χ1) is 10.1. The van der Waals surface area contributed by atoms with E-state index in [1.54, 1.807) is 0 Å². The largest absolute Gasteiger partial charge is 0.501 e. The van der Waals surface area contributed by atoms with Gasteiger partial charge in [0.25, 0.3) is 9.84 Å². The van der Waals surface area contributed by atoms with Gasteiger partial charge in [0.2, 0.25) is 0 Å². The van der Waals surface area contributed by atoms with Gasteiger partial charge in [-0.15, -0.1) is 0 Å². The molecule has 1 heterocycles. The number of aliphatic hydroxyl groups excluding tert-OH is 1. The predicted molar refractivity (Wildman–Crippen MR) is 68.5 cm³/mol. The summed E-state index contributed by atoms with van der Waals surface area (Å²) in [6, 6.07) is 2.08. The minimum Gasteiger partial charge on any atom is -0.396 e. The van der Waals surface area contributed by atoms with Gasteiger partial charge in [0.15, 0.2) is 0 Å². The first-order valence-corrected chi connectivity index (χ1v) is 7.63. The fourth-order valence-electron chi connectivity index (χ4n) is 1.91. The van der Waals surface area contributed by atoms with Crippen LogP contribution in [0.2, 0.25) is 0 Å². The number of sulfone groups is 1. The maximum absolute atomic E-state index is 13.2. The van der Waals surface area contributed by atoms with Gasteiger partial charge in [0.05, 0.1) is 30.9 Å². The predicted octanol–water partition coefficient (Wildman–Crippen LogP) is 1.54. The number of benzene rings is 1. The lowest BCUT2D eigenvalue weighted by Gasteiger charge is -2.40. The van der Waals surface area contributed by atoms with Gasteiger partial charge in [-0.2, -0.15) is 13.2 Å². The number of rotatable bonds is 5. The Bertz CT molecular complexity index is 650. The molecule has 22 heavy (non-hydrogen) atoms. The van der Waals surface area contributed by atoms with Crippen molar-refractivity contribution in [1.82, 2.24) is 0 Å². The Morgan fingerprint density at radius 1 is 1.32 bits per heavy atom. The van der Waals surface area contributed by atoms with E-state index in [-0.39, 0.29) is 32.1 Å². The molecule has 2 rings (SSSR count). The van der Waals surface area contributed by atoms with Gasteiger partial charge in [0.1, 0.15) is 10.7 Å². The normalized spacial score (nSPS) is 17.9. The van der Waals surface area contributed by atoms with Crippen molar-refractivity contribution >= 4 is 15.5 Å². The van der Waals surface area contributed by atoms with E-state index < -0.39 is 31.5 Å². The molecule has 0 radical (unpaired) electrons. The van der Waals surface area contributed by atoms with E-state index in [0.29, 0.717) is 6.07 Å². The van der Waals surface area contributed by atoms with Gasteiger partial charge in [-0.25, -0.2) is 12.8 Å². The van der Waals surface area contributed by atoms with E-state index in [2.05, 4.69) is 5.32 Å². The van der Waals surface area contributed by atoms with E-state index in [1.165, 1.54) is 0 Å². The van der Waals surface area contributed by atoms with E-state index >= 15 is 0 Å². The molecule has 0 aliphatic carbocycles. The Hall–Kier alpha value is -1.39. The van der Waals surface area contributed by atoms with Crippen LogP contribution in [0.4, 0.5) is 23.2 Å². The summed E-state index contributed by atoms with van der Waals surface area (Å²) >= 11 is 0. The van der Waals surface area contributed by atoms with Crippen molar-refractivity contribution in [2.45, 2.75) is 10.4 Å². The highest BCUT2D eigenvalue weighted by molar-refractivity contribution is 7.92. The summed E-state index contributed by atoms with van der Waals surface area (Å²) in [6.45, 7) is 0.107. The first-order valence-electron chi connectivity index (χ1n) is 6.15. The number of ether oxygens (including phenoxy) is 1. The van der Waals surface area contributed by atoms with E-state index in [1.807, 2.05) is 0 Å². The molecule has 0 amide bonds. The highest BCUT2D eigenvalue weighted by Crippen LogP contribution is 2.36. The van der Waals surface area contributed by atoms with Crippen LogP contribution in [0.1, 0.15) is 0 Å². The van der Waals surface area contributed by atoms with Crippen LogP contribution < -0.4 is 5.32 Å². The Balaban J connectivity index is 2.33. The first kappa shape index (κ1) is 17.0. The van der Waals surface area contributed by atoms with Crippen LogP contribution in [-0.4, -0.2) is 45.4 Å². The molecule has 1 aliphatic rings. The van der Waals surface area contributed by atoms with Gasteiger partial charge in [-0.05, 0) is 18.2 Å². The smallest absolute Gasteiger partial charge is 0.396 e. The zero-order chi connectivity index (χ0) is 16.6. The zero-order valence-electron chi connectivity index (χ0n) is 11.2. The second-order valence-electron chi connectivity index (χ2n) is 5.09. The van der Waals surface area contributed by atoms with Crippen LogP contribution in [-0.2, 0) is 14.6 Å². The highest BCUT2D eigenvalue weighted by Gasteiger charge is 2.48. The molecule has 1 aromatic carbocycles. The summed E-state index contributed by atoms with van der Waals surface area (Å²) in [5.74, 6) is -1.10. The molecule has 0 atom stereocenters. The summed E-state index contributed by atoms with van der Waals surface area (Å²) in [4.78, 5) is -1.19. The number of nitrogens with one attached hydrogen (secondary N) is 1. The molecule has 10 heteroatoms. The maximum Gasteiger partial charge on any atom is 0.501 e. The van der Waals surface area contributed by atoms with E-state index in [9.17, 15) is 31.1 Å². The number of hydrogen-bond donors (Lipinski definition) is 2. The van der Waals surface area contributed by atoms with Crippen LogP contribution in [0.15, 0.2) is 23.1 Å². The lowest BCUT2D eigenvalue weighted by atomic mass is 9.87. The van der Waals surface area contributed by atoms with Crippen molar-refractivity contribution in [2.75, 3.05) is 31.7 Å². The van der Waals surface area contributed by atoms with Crippen LogP contribution in [0.25, 0.3) is 0 Å². The van der Waals surface area contributed by atoms with Crippen LogP contribution >= 0.6 is 0 Å². The molecule has 0 unspecified atom stereocenters. The molecule has 124 valence electrons. The molecule has 2 N–H and O–H groups in total. The van der Waals surface area contributed by atoms with Gasteiger partial charge in [-0.1, -0.05) is 0 Å². The van der Waals surface area contributed by atoms with Crippen LogP contribution in [0.3, 0.4) is 0 Å². The number of aliphatic hydroxyl groups is 1. The minimum absolute atomic E-state index is 0.00445. The number of alkyl halides is 3. The molecule has 0 spiro atoms. The molecule has 1 aromatic rings. The summed E-state index contributed by atoms with van der Waals surface area (Å²) in [5, 5.41) is 11.8. The Morgan fingerprint density at radius 2 is 1.95 bits per heavy atom. The number of hydrogen-bond acceptors (Lipinski definition) is 5. The third-order valence-corrected chi connectivity index (χ3v) is 4.87. The SMILES string of the molecule is O=S(=O)(c1cc(F)ccc1NCC1(CO)COC1)C(F)(F)F. The second-order valence-corrected chi connectivity index (χ2v) is 7.00. The zero-order valence-corrected chi connectivity index (χ0v) is 12.0. The Morgan fingerprint density at radius 3 is 2.41 bits per heavy atom. The van der Waals surface area contributed by atoms with E-state index in [0.717, 1.165) is 12.1 Å². The minimum atomic E-state index is -5.69. The summed E-state index contributed by atoms with van der Waals surface area (Å²) in [7, 11) is -5.69. The Labute approximate surface area is 123 Å². The lowest BCUT2D eigenvalue weighted by Crippen LogP contribution is -2.50. The fraction of sp³-hybridized carbons (Fsp3) is 0.500. The van der Waals surface area contributed by atoms with Crippen LogP contribution in [0.5, 0.6) is 0 Å². The third-order valence-electron chi connectivity index (χ3n) is 3.34. The summed E-state index contributed by atoms with van der Waals surface area (Å²) in [6.07, 6.45) is 0. The summed E-state index contributed by atoms with van der Waals surface area (Å²) in [5.41, 5.74) is -6.60. The van der Waals surface area contributed by atoms with Gasteiger partial charge >= 0.3 is 5.51 Å². The van der Waals surface area contributed by atoms with Crippen LogP contribution in [0, 0.1) is 11.2 Å². The summed E-state index contributed by atoms with van der Waals surface area (Å²) < 4.78 is 79.0. The molecule has 1 aliphatic heterocycles. The van der Waals surface area contributed by atoms with Gasteiger partial charge in [0, 0.05) is 6.54 Å². The average Bonchev–Trinajstić information content (AvgIpc) is 2.38. The van der Waals surface area contributed by atoms with Crippen molar-refractivity contribution in [2.24, 2.45) is 5.41 Å². The highest BCUT2D eigenvalue weighted by atomic mass is 32.2. The maximum atomic E-state index is 13.2. The molecular formula is C12H13F4NO4S. The molecule has 1 fully saturated rings. The molecule has 0 saturated carbocycles. The molecule has 5 nitrogen and oxygen atoms in total. The van der Waals surface area contributed by atoms with Crippen molar-refractivity contribution in [3.63, 3.8) is 0 Å². The number of anilines is 1. The topological polar surface area (TPSA) is 75.6 Å². The number of halogens is 4. The van der Waals surface area contributed by atoms with Crippen molar-refractivity contribution in [1.29, 1.82) is 0 Å². The van der Waals surface area contributed by atoms with Crippen molar-refractivity contribution < 1.29 is 35.8 Å². The van der Waals surface area contributed by atoms with Crippen molar-refractivity contribution in [3.05, 3.63) is 24.0 Å². The van der Waals surface area contributed by atoms with Gasteiger partial charge in [-0.3, -0.25) is 0 Å². The Kier molecular flexibility index (Phi) is 4.37. The van der Waals surface area contributed by atoms with E-state index in [4.69, 9.17) is 4.74 Å². The monoisotopic (exact) mass is 343 g/mol. The average molecular weight is 343 g/mol.